The zero-order valence-corrected chi connectivity index (χ0v) is 14.0. The van der Waals surface area contributed by atoms with Crippen LogP contribution in [0.25, 0.3) is 0 Å². The fourth-order valence-corrected chi connectivity index (χ4v) is 3.46. The van der Waals surface area contributed by atoms with E-state index in [1.54, 1.807) is 0 Å². The molecule has 6 nitrogen and oxygen atoms in total. The summed E-state index contributed by atoms with van der Waals surface area (Å²) in [5.41, 5.74) is 2.03. The molecule has 126 valence electrons. The molecule has 1 unspecified atom stereocenters. The number of hydrogen-bond donors (Lipinski definition) is 1. The number of carbonyl (C=O) groups is 1. The van der Waals surface area contributed by atoms with Crippen molar-refractivity contribution in [3.63, 3.8) is 0 Å². The van der Waals surface area contributed by atoms with E-state index in [4.69, 9.17) is 4.74 Å². The summed E-state index contributed by atoms with van der Waals surface area (Å²) in [5, 5.41) is 2.97. The van der Waals surface area contributed by atoms with Crippen LogP contribution in [-0.4, -0.2) is 66.2 Å². The van der Waals surface area contributed by atoms with E-state index in [0.29, 0.717) is 11.9 Å². The first kappa shape index (κ1) is 16.2. The zero-order chi connectivity index (χ0) is 16.2. The third-order valence-corrected chi connectivity index (χ3v) is 4.54. The summed E-state index contributed by atoms with van der Waals surface area (Å²) in [6, 6.07) is 4.18. The van der Waals surface area contributed by atoms with Crippen LogP contribution in [0.15, 0.2) is 12.1 Å². The molecule has 0 spiro atoms. The van der Waals surface area contributed by atoms with Gasteiger partial charge in [0.05, 0.1) is 13.2 Å². The second kappa shape index (κ2) is 7.27. The highest BCUT2D eigenvalue weighted by atomic mass is 16.5. The summed E-state index contributed by atoms with van der Waals surface area (Å²) in [5.74, 6) is 0.643. The van der Waals surface area contributed by atoms with E-state index >= 15 is 0 Å². The Bertz CT molecular complexity index is 537. The molecule has 2 fully saturated rings. The number of anilines is 1. The molecule has 0 radical (unpaired) electrons. The highest BCUT2D eigenvalue weighted by Gasteiger charge is 2.30. The van der Waals surface area contributed by atoms with E-state index in [1.807, 2.05) is 30.9 Å². The van der Waals surface area contributed by atoms with Crippen molar-refractivity contribution < 1.29 is 9.53 Å². The number of amides is 2. The molecule has 0 bridgehead atoms. The van der Waals surface area contributed by atoms with Crippen LogP contribution in [0.1, 0.15) is 24.1 Å². The minimum atomic E-state index is -0.0294. The van der Waals surface area contributed by atoms with Crippen LogP contribution in [0.2, 0.25) is 0 Å². The summed E-state index contributed by atoms with van der Waals surface area (Å²) in [4.78, 5) is 21.4. The molecule has 2 aliphatic heterocycles. The molecule has 0 saturated carbocycles. The Morgan fingerprint density at radius 1 is 1.30 bits per heavy atom. The third kappa shape index (κ3) is 4.20. The zero-order valence-electron chi connectivity index (χ0n) is 14.0. The Morgan fingerprint density at radius 3 is 2.83 bits per heavy atom. The first-order valence-corrected chi connectivity index (χ1v) is 8.45. The number of ether oxygens (including phenoxy) is 1. The van der Waals surface area contributed by atoms with Gasteiger partial charge < -0.3 is 9.64 Å². The second-order valence-electron chi connectivity index (χ2n) is 6.50. The van der Waals surface area contributed by atoms with Gasteiger partial charge in [-0.1, -0.05) is 0 Å². The molecule has 3 heterocycles. The van der Waals surface area contributed by atoms with Crippen molar-refractivity contribution >= 4 is 11.8 Å². The molecule has 1 atom stereocenters. The number of hydrogen-bond acceptors (Lipinski definition) is 4. The van der Waals surface area contributed by atoms with Gasteiger partial charge in [-0.2, -0.15) is 0 Å². The van der Waals surface area contributed by atoms with Crippen LogP contribution in [-0.2, 0) is 4.74 Å². The van der Waals surface area contributed by atoms with Gasteiger partial charge in [-0.3, -0.25) is 10.2 Å². The summed E-state index contributed by atoms with van der Waals surface area (Å²) in [6.45, 7) is 9.25. The fourth-order valence-electron chi connectivity index (χ4n) is 3.46. The van der Waals surface area contributed by atoms with Gasteiger partial charge >= 0.3 is 6.03 Å². The van der Waals surface area contributed by atoms with Crippen molar-refractivity contribution in [1.29, 1.82) is 0 Å². The molecule has 1 N–H and O–H groups in total. The SMILES string of the molecule is Cc1cc(C)nc(NC(=O)N2CCCC2CN2CCOCC2)c1. The largest absolute Gasteiger partial charge is 0.379 e. The van der Waals surface area contributed by atoms with Crippen LogP contribution in [0.4, 0.5) is 10.6 Å². The quantitative estimate of drug-likeness (QED) is 0.926. The Morgan fingerprint density at radius 2 is 2.09 bits per heavy atom. The highest BCUT2D eigenvalue weighted by molar-refractivity contribution is 5.88. The molecule has 23 heavy (non-hydrogen) atoms. The second-order valence-corrected chi connectivity index (χ2v) is 6.50. The molecule has 6 heteroatoms. The van der Waals surface area contributed by atoms with E-state index in [9.17, 15) is 4.79 Å². The molecule has 2 amide bonds. The maximum atomic E-state index is 12.6. The average Bonchev–Trinajstić information content (AvgIpc) is 2.95. The lowest BCUT2D eigenvalue weighted by atomic mass is 10.2. The molecule has 1 aromatic rings. The van der Waals surface area contributed by atoms with Crippen molar-refractivity contribution in [2.24, 2.45) is 0 Å². The minimum Gasteiger partial charge on any atom is -0.379 e. The number of carbonyl (C=O) groups excluding carboxylic acids is 1. The van der Waals surface area contributed by atoms with E-state index in [2.05, 4.69) is 15.2 Å². The molecule has 0 aromatic carbocycles. The predicted molar refractivity (Wildman–Crippen MR) is 89.7 cm³/mol. The van der Waals surface area contributed by atoms with E-state index in [-0.39, 0.29) is 6.03 Å². The number of pyridine rings is 1. The van der Waals surface area contributed by atoms with Crippen molar-refractivity contribution in [3.05, 3.63) is 23.4 Å². The molecule has 0 aliphatic carbocycles. The predicted octanol–water partition coefficient (Wildman–Crippen LogP) is 2.03. The van der Waals surface area contributed by atoms with Gasteiger partial charge in [0.25, 0.3) is 0 Å². The van der Waals surface area contributed by atoms with Gasteiger partial charge in [0.1, 0.15) is 5.82 Å². The Kier molecular flexibility index (Phi) is 5.13. The van der Waals surface area contributed by atoms with Gasteiger partial charge in [0, 0.05) is 37.9 Å². The summed E-state index contributed by atoms with van der Waals surface area (Å²) >= 11 is 0. The summed E-state index contributed by atoms with van der Waals surface area (Å²) in [7, 11) is 0. The number of aromatic nitrogens is 1. The van der Waals surface area contributed by atoms with E-state index in [0.717, 1.165) is 63.5 Å². The van der Waals surface area contributed by atoms with Gasteiger partial charge in [0.2, 0.25) is 0 Å². The highest BCUT2D eigenvalue weighted by Crippen LogP contribution is 2.20. The van der Waals surface area contributed by atoms with Crippen LogP contribution in [0.3, 0.4) is 0 Å². The Balaban J connectivity index is 1.60. The van der Waals surface area contributed by atoms with Crippen LogP contribution < -0.4 is 5.32 Å². The van der Waals surface area contributed by atoms with Gasteiger partial charge in [-0.05, 0) is 44.4 Å². The average molecular weight is 318 g/mol. The summed E-state index contributed by atoms with van der Waals surface area (Å²) in [6.07, 6.45) is 2.15. The van der Waals surface area contributed by atoms with Gasteiger partial charge in [-0.25, -0.2) is 9.78 Å². The standard InChI is InChI=1S/C17H26N4O2/c1-13-10-14(2)18-16(11-13)19-17(22)21-5-3-4-15(21)12-20-6-8-23-9-7-20/h10-11,15H,3-9,12H2,1-2H3,(H,18,19,22). The molecule has 2 saturated heterocycles. The van der Waals surface area contributed by atoms with Crippen molar-refractivity contribution in [1.82, 2.24) is 14.8 Å². The number of rotatable bonds is 3. The Labute approximate surface area is 137 Å². The molecule has 3 rings (SSSR count). The Hall–Kier alpha value is -1.66. The minimum absolute atomic E-state index is 0.0294. The lowest BCUT2D eigenvalue weighted by Gasteiger charge is -2.32. The number of likely N-dealkylation sites (tertiary alicyclic amines) is 1. The van der Waals surface area contributed by atoms with Crippen molar-refractivity contribution in [2.45, 2.75) is 32.7 Å². The van der Waals surface area contributed by atoms with Crippen LogP contribution in [0, 0.1) is 13.8 Å². The fraction of sp³-hybridized carbons (Fsp3) is 0.647. The van der Waals surface area contributed by atoms with Crippen molar-refractivity contribution in [2.75, 3.05) is 44.7 Å². The number of aryl methyl sites for hydroxylation is 2. The van der Waals surface area contributed by atoms with Crippen LogP contribution >= 0.6 is 0 Å². The number of nitrogens with zero attached hydrogens (tertiary/aromatic N) is 3. The molecular formula is C17H26N4O2. The first-order valence-electron chi connectivity index (χ1n) is 8.45. The van der Waals surface area contributed by atoms with Gasteiger partial charge in [-0.15, -0.1) is 0 Å². The smallest absolute Gasteiger partial charge is 0.323 e. The third-order valence-electron chi connectivity index (χ3n) is 4.54. The maximum absolute atomic E-state index is 12.6. The first-order chi connectivity index (χ1) is 11.1. The molecule has 1 aromatic heterocycles. The number of morpholine rings is 1. The number of urea groups is 1. The lowest BCUT2D eigenvalue weighted by molar-refractivity contribution is 0.0296. The normalized spacial score (nSPS) is 22.3. The van der Waals surface area contributed by atoms with Crippen LogP contribution in [0.5, 0.6) is 0 Å². The topological polar surface area (TPSA) is 57.7 Å². The number of nitrogens with one attached hydrogen (secondary N) is 1. The summed E-state index contributed by atoms with van der Waals surface area (Å²) < 4.78 is 5.40. The van der Waals surface area contributed by atoms with Crippen molar-refractivity contribution in [3.8, 4) is 0 Å². The van der Waals surface area contributed by atoms with Gasteiger partial charge in [0.15, 0.2) is 0 Å². The van der Waals surface area contributed by atoms with E-state index < -0.39 is 0 Å². The van der Waals surface area contributed by atoms with E-state index in [1.165, 1.54) is 0 Å². The maximum Gasteiger partial charge on any atom is 0.323 e. The lowest BCUT2D eigenvalue weighted by Crippen LogP contribution is -2.47. The monoisotopic (exact) mass is 318 g/mol. The molecular weight excluding hydrogens is 292 g/mol. The molecule has 2 aliphatic rings.